The molecule has 3 aromatic rings. The van der Waals surface area contributed by atoms with E-state index in [2.05, 4.69) is 15.6 Å². The number of carbonyl (C=O) groups is 1. The molecule has 1 aromatic heterocycles. The van der Waals surface area contributed by atoms with E-state index in [1.165, 1.54) is 0 Å². The number of nitrogens with zero attached hydrogens (tertiary/aromatic N) is 4. The number of aromatic nitrogens is 3. The predicted molar refractivity (Wildman–Crippen MR) is 118 cm³/mol. The third-order valence-electron chi connectivity index (χ3n) is 5.10. The zero-order chi connectivity index (χ0) is 21.6. The van der Waals surface area contributed by atoms with Gasteiger partial charge in [-0.1, -0.05) is 41.1 Å². The summed E-state index contributed by atoms with van der Waals surface area (Å²) >= 11 is 6.00. The standard InChI is InChI=1S/C22H24ClN5O3/c23-18-5-1-4-17(11-18)21(29)15-28-14-20(25-26-28)16-3-2-6-19(12-16)24-13-22(30)27-7-9-31-10-8-27/h1-6,11-12,14,21,24,29H,7-10,13,15H2. The molecule has 0 aliphatic carbocycles. The fraction of sp³-hybridized carbons (Fsp3) is 0.318. The molecule has 1 unspecified atom stereocenters. The van der Waals surface area contributed by atoms with Gasteiger partial charge in [0.2, 0.25) is 5.91 Å². The molecule has 0 saturated carbocycles. The molecule has 1 atom stereocenters. The number of carbonyl (C=O) groups excluding carboxylic acids is 1. The number of anilines is 1. The fourth-order valence-corrected chi connectivity index (χ4v) is 3.61. The van der Waals surface area contributed by atoms with E-state index < -0.39 is 6.10 Å². The van der Waals surface area contributed by atoms with Crippen molar-refractivity contribution in [1.29, 1.82) is 0 Å². The summed E-state index contributed by atoms with van der Waals surface area (Å²) in [6, 6.07) is 14.8. The van der Waals surface area contributed by atoms with Gasteiger partial charge in [-0.2, -0.15) is 0 Å². The number of nitrogens with one attached hydrogen (secondary N) is 1. The third-order valence-corrected chi connectivity index (χ3v) is 5.33. The first-order chi connectivity index (χ1) is 15.1. The van der Waals surface area contributed by atoms with Crippen LogP contribution in [0.1, 0.15) is 11.7 Å². The molecule has 1 saturated heterocycles. The molecule has 9 heteroatoms. The second-order valence-electron chi connectivity index (χ2n) is 7.32. The van der Waals surface area contributed by atoms with Crippen molar-refractivity contribution in [3.8, 4) is 11.3 Å². The lowest BCUT2D eigenvalue weighted by Gasteiger charge is -2.27. The van der Waals surface area contributed by atoms with Crippen molar-refractivity contribution < 1.29 is 14.6 Å². The molecule has 4 rings (SSSR count). The van der Waals surface area contributed by atoms with Crippen LogP contribution in [-0.4, -0.2) is 63.8 Å². The van der Waals surface area contributed by atoms with Gasteiger partial charge in [0.05, 0.1) is 38.6 Å². The van der Waals surface area contributed by atoms with Crippen molar-refractivity contribution in [1.82, 2.24) is 19.9 Å². The van der Waals surface area contributed by atoms with Crippen LogP contribution >= 0.6 is 11.6 Å². The monoisotopic (exact) mass is 441 g/mol. The summed E-state index contributed by atoms with van der Waals surface area (Å²) in [6.07, 6.45) is 1.04. The summed E-state index contributed by atoms with van der Waals surface area (Å²) in [5.74, 6) is 0.0506. The van der Waals surface area contributed by atoms with Crippen molar-refractivity contribution >= 4 is 23.2 Å². The van der Waals surface area contributed by atoms with E-state index in [1.54, 1.807) is 34.0 Å². The summed E-state index contributed by atoms with van der Waals surface area (Å²) in [5.41, 5.74) is 3.10. The predicted octanol–water partition coefficient (Wildman–Crippen LogP) is 2.60. The number of hydrogen-bond donors (Lipinski definition) is 2. The zero-order valence-corrected chi connectivity index (χ0v) is 17.7. The minimum absolute atomic E-state index is 0.0506. The maximum absolute atomic E-state index is 12.3. The Morgan fingerprint density at radius 1 is 1.19 bits per heavy atom. The number of morpholine rings is 1. The highest BCUT2D eigenvalue weighted by molar-refractivity contribution is 6.30. The van der Waals surface area contributed by atoms with Crippen LogP contribution in [0.25, 0.3) is 11.3 Å². The second kappa shape index (κ2) is 9.91. The van der Waals surface area contributed by atoms with Gasteiger partial charge in [-0.25, -0.2) is 4.68 Å². The van der Waals surface area contributed by atoms with Crippen LogP contribution in [0.5, 0.6) is 0 Å². The zero-order valence-electron chi connectivity index (χ0n) is 16.9. The number of aliphatic hydroxyl groups excluding tert-OH is 1. The molecule has 0 radical (unpaired) electrons. The number of amides is 1. The second-order valence-corrected chi connectivity index (χ2v) is 7.76. The first kappa shape index (κ1) is 21.3. The number of halogens is 1. The number of hydrogen-bond acceptors (Lipinski definition) is 6. The molecule has 0 spiro atoms. The lowest BCUT2D eigenvalue weighted by Crippen LogP contribution is -2.43. The van der Waals surface area contributed by atoms with E-state index in [4.69, 9.17) is 16.3 Å². The summed E-state index contributed by atoms with van der Waals surface area (Å²) in [6.45, 7) is 2.92. The fourth-order valence-electron chi connectivity index (χ4n) is 3.41. The van der Waals surface area contributed by atoms with Crippen molar-refractivity contribution in [2.75, 3.05) is 38.2 Å². The smallest absolute Gasteiger partial charge is 0.242 e. The maximum atomic E-state index is 12.3. The molecule has 8 nitrogen and oxygen atoms in total. The minimum Gasteiger partial charge on any atom is -0.386 e. The molecule has 1 fully saturated rings. The van der Waals surface area contributed by atoms with E-state index >= 15 is 0 Å². The number of rotatable bonds is 7. The van der Waals surface area contributed by atoms with E-state index in [-0.39, 0.29) is 19.0 Å². The topological polar surface area (TPSA) is 92.5 Å². The average molecular weight is 442 g/mol. The van der Waals surface area contributed by atoms with Crippen molar-refractivity contribution in [3.63, 3.8) is 0 Å². The van der Waals surface area contributed by atoms with E-state index in [9.17, 15) is 9.90 Å². The van der Waals surface area contributed by atoms with Gasteiger partial charge in [0.1, 0.15) is 5.69 Å². The third kappa shape index (κ3) is 5.61. The highest BCUT2D eigenvalue weighted by Gasteiger charge is 2.16. The van der Waals surface area contributed by atoms with Crippen LogP contribution in [0, 0.1) is 0 Å². The van der Waals surface area contributed by atoms with Crippen LogP contribution < -0.4 is 5.32 Å². The van der Waals surface area contributed by atoms with Gasteiger partial charge in [-0.05, 0) is 29.8 Å². The summed E-state index contributed by atoms with van der Waals surface area (Å²) in [5, 5.41) is 22.6. The Labute approximate surface area is 185 Å². The van der Waals surface area contributed by atoms with E-state index in [1.807, 2.05) is 30.3 Å². The largest absolute Gasteiger partial charge is 0.386 e. The Hall–Kier alpha value is -2.94. The minimum atomic E-state index is -0.743. The summed E-state index contributed by atoms with van der Waals surface area (Å²) < 4.78 is 6.88. The molecule has 2 heterocycles. The normalized spacial score (nSPS) is 15.0. The molecule has 1 aliphatic rings. The molecule has 162 valence electrons. The van der Waals surface area contributed by atoms with Gasteiger partial charge < -0.3 is 20.1 Å². The van der Waals surface area contributed by atoms with Gasteiger partial charge in [0.25, 0.3) is 0 Å². The Bertz CT molecular complexity index is 1040. The maximum Gasteiger partial charge on any atom is 0.242 e. The van der Waals surface area contributed by atoms with E-state index in [0.717, 1.165) is 16.8 Å². The molecular weight excluding hydrogens is 418 g/mol. The Balaban J connectivity index is 1.38. The van der Waals surface area contributed by atoms with Gasteiger partial charge in [-0.15, -0.1) is 5.10 Å². The van der Waals surface area contributed by atoms with Crippen molar-refractivity contribution in [2.24, 2.45) is 0 Å². The summed E-state index contributed by atoms with van der Waals surface area (Å²) in [7, 11) is 0. The van der Waals surface area contributed by atoms with Crippen LogP contribution in [0.3, 0.4) is 0 Å². The first-order valence-electron chi connectivity index (χ1n) is 10.1. The first-order valence-corrected chi connectivity index (χ1v) is 10.5. The summed E-state index contributed by atoms with van der Waals surface area (Å²) in [4.78, 5) is 14.1. The van der Waals surface area contributed by atoms with Gasteiger partial charge in [0, 0.05) is 29.4 Å². The Kier molecular flexibility index (Phi) is 6.81. The molecular formula is C22H24ClN5O3. The van der Waals surface area contributed by atoms with Crippen LogP contribution in [0.2, 0.25) is 5.02 Å². The van der Waals surface area contributed by atoms with Gasteiger partial charge in [0.15, 0.2) is 0 Å². The van der Waals surface area contributed by atoms with Crippen LogP contribution in [0.4, 0.5) is 5.69 Å². The molecule has 2 aromatic carbocycles. The molecule has 1 aliphatic heterocycles. The number of benzene rings is 2. The van der Waals surface area contributed by atoms with Crippen molar-refractivity contribution in [3.05, 3.63) is 65.3 Å². The molecule has 31 heavy (non-hydrogen) atoms. The Morgan fingerprint density at radius 2 is 2.00 bits per heavy atom. The molecule has 0 bridgehead atoms. The van der Waals surface area contributed by atoms with Crippen LogP contribution in [0.15, 0.2) is 54.7 Å². The van der Waals surface area contributed by atoms with Gasteiger partial charge >= 0.3 is 0 Å². The molecule has 2 N–H and O–H groups in total. The van der Waals surface area contributed by atoms with Crippen LogP contribution in [-0.2, 0) is 16.1 Å². The molecule has 1 amide bonds. The highest BCUT2D eigenvalue weighted by atomic mass is 35.5. The average Bonchev–Trinajstić information content (AvgIpc) is 3.27. The lowest BCUT2D eigenvalue weighted by molar-refractivity contribution is -0.133. The lowest BCUT2D eigenvalue weighted by atomic mass is 10.1. The van der Waals surface area contributed by atoms with E-state index in [0.29, 0.717) is 37.0 Å². The number of ether oxygens (including phenoxy) is 1. The van der Waals surface area contributed by atoms with Crippen molar-refractivity contribution in [2.45, 2.75) is 12.6 Å². The quantitative estimate of drug-likeness (QED) is 0.585. The number of aliphatic hydroxyl groups is 1. The SMILES string of the molecule is O=C(CNc1cccc(-c2cn(CC(O)c3cccc(Cl)c3)nn2)c1)N1CCOCC1. The highest BCUT2D eigenvalue weighted by Crippen LogP contribution is 2.22. The van der Waals surface area contributed by atoms with Gasteiger partial charge in [-0.3, -0.25) is 4.79 Å². The Morgan fingerprint density at radius 3 is 2.81 bits per heavy atom.